The van der Waals surface area contributed by atoms with Crippen molar-refractivity contribution in [2.45, 2.75) is 45.6 Å². The highest BCUT2D eigenvalue weighted by molar-refractivity contribution is 5.06. The summed E-state index contributed by atoms with van der Waals surface area (Å²) < 4.78 is 0. The van der Waals surface area contributed by atoms with Crippen molar-refractivity contribution in [3.8, 4) is 6.07 Å². The lowest BCUT2D eigenvalue weighted by atomic mass is 9.82. The van der Waals surface area contributed by atoms with Gasteiger partial charge in [0.15, 0.2) is 0 Å². The van der Waals surface area contributed by atoms with Crippen molar-refractivity contribution in [2.24, 2.45) is 5.41 Å². The van der Waals surface area contributed by atoms with Crippen molar-refractivity contribution >= 4 is 0 Å². The van der Waals surface area contributed by atoms with E-state index in [0.717, 1.165) is 19.6 Å². The first-order chi connectivity index (χ1) is 7.53. The van der Waals surface area contributed by atoms with E-state index in [1.165, 1.54) is 19.3 Å². The van der Waals surface area contributed by atoms with Crippen LogP contribution in [0.15, 0.2) is 0 Å². The molecule has 0 saturated carbocycles. The molecule has 1 heterocycles. The van der Waals surface area contributed by atoms with Gasteiger partial charge in [0.1, 0.15) is 5.54 Å². The number of nitrogens with one attached hydrogen (secondary N) is 1. The molecule has 1 fully saturated rings. The van der Waals surface area contributed by atoms with Crippen LogP contribution in [0.1, 0.15) is 40.0 Å². The van der Waals surface area contributed by atoms with Crippen molar-refractivity contribution in [2.75, 3.05) is 26.7 Å². The lowest BCUT2D eigenvalue weighted by Gasteiger charge is -2.30. The Morgan fingerprint density at radius 2 is 2.06 bits per heavy atom. The molecule has 1 rings (SSSR count). The van der Waals surface area contributed by atoms with E-state index in [9.17, 15) is 0 Å². The molecule has 0 aromatic heterocycles. The van der Waals surface area contributed by atoms with Gasteiger partial charge in [-0.05, 0) is 45.2 Å². The van der Waals surface area contributed by atoms with Crippen molar-refractivity contribution < 1.29 is 0 Å². The van der Waals surface area contributed by atoms with Gasteiger partial charge in [-0.15, -0.1) is 0 Å². The third kappa shape index (κ3) is 2.75. The summed E-state index contributed by atoms with van der Waals surface area (Å²) in [5, 5.41) is 12.3. The van der Waals surface area contributed by atoms with Gasteiger partial charge in [0, 0.05) is 13.1 Å². The third-order valence-corrected chi connectivity index (χ3v) is 4.36. The standard InChI is InChI=1S/C13H25N3/c1-5-13(6-2)7-8-16(11-13)10-12(3,9-14)15-4/h15H,5-8,10-11H2,1-4H3. The minimum absolute atomic E-state index is 0.405. The normalized spacial score (nSPS) is 23.9. The molecule has 1 aliphatic rings. The first-order valence-electron chi connectivity index (χ1n) is 6.35. The molecular formula is C13H25N3. The summed E-state index contributed by atoms with van der Waals surface area (Å²) in [6, 6.07) is 2.37. The van der Waals surface area contributed by atoms with Crippen LogP contribution in [0.3, 0.4) is 0 Å². The van der Waals surface area contributed by atoms with Crippen molar-refractivity contribution in [1.29, 1.82) is 5.26 Å². The molecule has 0 radical (unpaired) electrons. The van der Waals surface area contributed by atoms with E-state index >= 15 is 0 Å². The molecule has 1 N–H and O–H groups in total. The Labute approximate surface area is 99.8 Å². The Hall–Kier alpha value is -0.590. The largest absolute Gasteiger partial charge is 0.302 e. The third-order valence-electron chi connectivity index (χ3n) is 4.36. The summed E-state index contributed by atoms with van der Waals surface area (Å²) in [5.41, 5.74) is 0.0989. The van der Waals surface area contributed by atoms with Crippen LogP contribution in [-0.4, -0.2) is 37.1 Å². The molecule has 3 nitrogen and oxygen atoms in total. The highest BCUT2D eigenvalue weighted by Gasteiger charge is 2.37. The highest BCUT2D eigenvalue weighted by atomic mass is 15.2. The Kier molecular flexibility index (Phi) is 4.35. The van der Waals surface area contributed by atoms with E-state index in [4.69, 9.17) is 5.26 Å². The number of hydrogen-bond acceptors (Lipinski definition) is 3. The Balaban J connectivity index is 2.58. The predicted molar refractivity (Wildman–Crippen MR) is 67.1 cm³/mol. The van der Waals surface area contributed by atoms with Crippen LogP contribution in [0, 0.1) is 16.7 Å². The summed E-state index contributed by atoms with van der Waals surface area (Å²) in [7, 11) is 1.87. The van der Waals surface area contributed by atoms with Gasteiger partial charge in [-0.2, -0.15) is 5.26 Å². The van der Waals surface area contributed by atoms with Gasteiger partial charge in [-0.3, -0.25) is 4.90 Å². The van der Waals surface area contributed by atoms with E-state index < -0.39 is 5.54 Å². The molecule has 0 aromatic carbocycles. The second-order valence-electron chi connectivity index (χ2n) is 5.36. The van der Waals surface area contributed by atoms with Gasteiger partial charge in [0.05, 0.1) is 6.07 Å². The quantitative estimate of drug-likeness (QED) is 0.775. The fourth-order valence-electron chi connectivity index (χ4n) is 2.61. The predicted octanol–water partition coefficient (Wildman–Crippen LogP) is 2.00. The first kappa shape index (κ1) is 13.5. The number of hydrogen-bond donors (Lipinski definition) is 1. The SMILES string of the molecule is CCC1(CC)CCN(CC(C)(C#N)NC)C1. The number of likely N-dealkylation sites (tertiary alicyclic amines) is 1. The van der Waals surface area contributed by atoms with Crippen molar-refractivity contribution in [3.63, 3.8) is 0 Å². The molecule has 3 heteroatoms. The highest BCUT2D eigenvalue weighted by Crippen LogP contribution is 2.37. The minimum atomic E-state index is -0.405. The van der Waals surface area contributed by atoms with Gasteiger partial charge in [0.2, 0.25) is 0 Å². The minimum Gasteiger partial charge on any atom is -0.302 e. The van der Waals surface area contributed by atoms with E-state index in [2.05, 4.69) is 30.1 Å². The lowest BCUT2D eigenvalue weighted by molar-refractivity contribution is 0.215. The van der Waals surface area contributed by atoms with Gasteiger partial charge < -0.3 is 5.32 Å². The second kappa shape index (κ2) is 5.16. The monoisotopic (exact) mass is 223 g/mol. The molecule has 0 amide bonds. The second-order valence-corrected chi connectivity index (χ2v) is 5.36. The summed E-state index contributed by atoms with van der Waals surface area (Å²) >= 11 is 0. The summed E-state index contributed by atoms with van der Waals surface area (Å²) in [6.45, 7) is 9.68. The Morgan fingerprint density at radius 1 is 1.44 bits per heavy atom. The number of likely N-dealkylation sites (N-methyl/N-ethyl adjacent to an activating group) is 1. The van der Waals surface area contributed by atoms with E-state index in [0.29, 0.717) is 5.41 Å². The average Bonchev–Trinajstić information content (AvgIpc) is 2.73. The number of rotatable bonds is 5. The number of nitrogens with zero attached hydrogens (tertiary/aromatic N) is 2. The van der Waals surface area contributed by atoms with Crippen LogP contribution in [-0.2, 0) is 0 Å². The van der Waals surface area contributed by atoms with Crippen LogP contribution in [0.2, 0.25) is 0 Å². The van der Waals surface area contributed by atoms with Crippen molar-refractivity contribution in [1.82, 2.24) is 10.2 Å². The molecular weight excluding hydrogens is 198 g/mol. The van der Waals surface area contributed by atoms with Gasteiger partial charge in [0.25, 0.3) is 0 Å². The van der Waals surface area contributed by atoms with Gasteiger partial charge >= 0.3 is 0 Å². The summed E-state index contributed by atoms with van der Waals surface area (Å²) in [5.74, 6) is 0. The van der Waals surface area contributed by atoms with Gasteiger partial charge in [-0.25, -0.2) is 0 Å². The van der Waals surface area contributed by atoms with E-state index in [1.54, 1.807) is 0 Å². The van der Waals surface area contributed by atoms with Crippen LogP contribution in [0.25, 0.3) is 0 Å². The molecule has 92 valence electrons. The van der Waals surface area contributed by atoms with Gasteiger partial charge in [-0.1, -0.05) is 13.8 Å². The molecule has 1 unspecified atom stereocenters. The molecule has 16 heavy (non-hydrogen) atoms. The zero-order valence-electron chi connectivity index (χ0n) is 11.1. The molecule has 0 aliphatic carbocycles. The maximum Gasteiger partial charge on any atom is 0.116 e. The van der Waals surface area contributed by atoms with Crippen LogP contribution in [0.4, 0.5) is 0 Å². The van der Waals surface area contributed by atoms with E-state index in [-0.39, 0.29) is 0 Å². The maximum absolute atomic E-state index is 9.15. The fourth-order valence-corrected chi connectivity index (χ4v) is 2.61. The molecule has 1 aliphatic heterocycles. The molecule has 1 saturated heterocycles. The summed E-state index contributed by atoms with van der Waals surface area (Å²) in [6.07, 6.45) is 3.79. The average molecular weight is 223 g/mol. The van der Waals surface area contributed by atoms with E-state index in [1.807, 2.05) is 14.0 Å². The smallest absolute Gasteiger partial charge is 0.116 e. The van der Waals surface area contributed by atoms with Crippen LogP contribution in [0.5, 0.6) is 0 Å². The Bertz CT molecular complexity index is 265. The molecule has 0 aromatic rings. The zero-order valence-corrected chi connectivity index (χ0v) is 11.1. The first-order valence-corrected chi connectivity index (χ1v) is 6.35. The van der Waals surface area contributed by atoms with Crippen molar-refractivity contribution in [3.05, 3.63) is 0 Å². The maximum atomic E-state index is 9.15. The lowest BCUT2D eigenvalue weighted by Crippen LogP contribution is -2.48. The van der Waals surface area contributed by atoms with Crippen LogP contribution < -0.4 is 5.32 Å². The topological polar surface area (TPSA) is 39.1 Å². The summed E-state index contributed by atoms with van der Waals surface area (Å²) in [4.78, 5) is 2.44. The molecule has 0 spiro atoms. The zero-order chi connectivity index (χ0) is 12.2. The van der Waals surface area contributed by atoms with Crippen LogP contribution >= 0.6 is 0 Å². The molecule has 0 bridgehead atoms. The Morgan fingerprint density at radius 3 is 2.44 bits per heavy atom. The fraction of sp³-hybridized carbons (Fsp3) is 0.923. The molecule has 1 atom stereocenters. The number of nitriles is 1.